The minimum atomic E-state index is -0.481. The SMILES string of the molecule is COCCn1c(=NC(=O)/C=C\c2ccc([N+](=O)[O-])cc2)sc2cc(NC(C)=O)ccc21. The van der Waals surface area contributed by atoms with Crippen LogP contribution in [0.3, 0.4) is 0 Å². The highest BCUT2D eigenvalue weighted by Gasteiger charge is 2.09. The molecule has 160 valence electrons. The summed E-state index contributed by atoms with van der Waals surface area (Å²) in [7, 11) is 1.60. The fourth-order valence-corrected chi connectivity index (χ4v) is 3.95. The quantitative estimate of drug-likeness (QED) is 0.344. The zero-order chi connectivity index (χ0) is 22.4. The molecule has 0 aliphatic heterocycles. The lowest BCUT2D eigenvalue weighted by atomic mass is 10.2. The van der Waals surface area contributed by atoms with Crippen molar-refractivity contribution in [3.63, 3.8) is 0 Å². The van der Waals surface area contributed by atoms with E-state index in [1.54, 1.807) is 31.4 Å². The van der Waals surface area contributed by atoms with Crippen LogP contribution in [0, 0.1) is 10.1 Å². The molecule has 1 heterocycles. The van der Waals surface area contributed by atoms with Gasteiger partial charge in [0.15, 0.2) is 4.80 Å². The third-order valence-electron chi connectivity index (χ3n) is 4.25. The summed E-state index contributed by atoms with van der Waals surface area (Å²) in [6, 6.07) is 11.4. The van der Waals surface area contributed by atoms with Crippen LogP contribution in [0.1, 0.15) is 12.5 Å². The van der Waals surface area contributed by atoms with Crippen molar-refractivity contribution < 1.29 is 19.2 Å². The molecule has 0 saturated carbocycles. The lowest BCUT2D eigenvalue weighted by Gasteiger charge is -2.05. The topological polar surface area (TPSA) is 116 Å². The van der Waals surface area contributed by atoms with E-state index in [4.69, 9.17) is 4.74 Å². The molecular weight excluding hydrogens is 420 g/mol. The summed E-state index contributed by atoms with van der Waals surface area (Å²) in [5, 5.41) is 13.5. The first-order valence-corrected chi connectivity index (χ1v) is 10.1. The van der Waals surface area contributed by atoms with E-state index in [0.29, 0.717) is 29.2 Å². The number of methoxy groups -OCH3 is 1. The van der Waals surface area contributed by atoms with E-state index >= 15 is 0 Å². The maximum absolute atomic E-state index is 12.4. The summed E-state index contributed by atoms with van der Waals surface area (Å²) >= 11 is 1.33. The normalized spacial score (nSPS) is 11.9. The molecule has 3 rings (SSSR count). The number of fused-ring (bicyclic) bond motifs is 1. The van der Waals surface area contributed by atoms with Crippen LogP contribution in [0.25, 0.3) is 16.3 Å². The van der Waals surface area contributed by atoms with Crippen molar-refractivity contribution in [2.45, 2.75) is 13.5 Å². The van der Waals surface area contributed by atoms with Crippen LogP contribution in [-0.4, -0.2) is 35.0 Å². The molecule has 10 heteroatoms. The Morgan fingerprint density at radius 1 is 1.26 bits per heavy atom. The molecule has 0 fully saturated rings. The summed E-state index contributed by atoms with van der Waals surface area (Å²) in [5.41, 5.74) is 2.17. The van der Waals surface area contributed by atoms with E-state index in [2.05, 4.69) is 10.3 Å². The molecule has 2 amide bonds. The number of non-ortho nitro benzene ring substituents is 1. The molecule has 1 aromatic heterocycles. The summed E-state index contributed by atoms with van der Waals surface area (Å²) < 4.78 is 7.93. The second-order valence-corrected chi connectivity index (χ2v) is 7.53. The summed E-state index contributed by atoms with van der Waals surface area (Å²) in [4.78, 5) is 38.7. The van der Waals surface area contributed by atoms with Crippen molar-refractivity contribution >= 4 is 50.8 Å². The van der Waals surface area contributed by atoms with Crippen LogP contribution in [0.2, 0.25) is 0 Å². The van der Waals surface area contributed by atoms with Gasteiger partial charge in [-0.05, 0) is 42.0 Å². The fourth-order valence-electron chi connectivity index (χ4n) is 2.84. The van der Waals surface area contributed by atoms with Gasteiger partial charge in [0.2, 0.25) is 5.91 Å². The number of carbonyl (C=O) groups excluding carboxylic acids is 2. The Bertz CT molecular complexity index is 1220. The monoisotopic (exact) mass is 440 g/mol. The van der Waals surface area contributed by atoms with E-state index in [9.17, 15) is 19.7 Å². The number of benzene rings is 2. The number of anilines is 1. The highest BCUT2D eigenvalue weighted by molar-refractivity contribution is 7.16. The molecule has 2 aromatic carbocycles. The van der Waals surface area contributed by atoms with Gasteiger partial charge in [-0.2, -0.15) is 4.99 Å². The maximum atomic E-state index is 12.4. The molecule has 0 radical (unpaired) electrons. The zero-order valence-corrected chi connectivity index (χ0v) is 17.7. The number of nitrogens with zero attached hydrogens (tertiary/aromatic N) is 3. The first-order chi connectivity index (χ1) is 14.9. The van der Waals surface area contributed by atoms with Crippen molar-refractivity contribution in [1.29, 1.82) is 0 Å². The standard InChI is InChI=1S/C21H20N4O5S/c1-14(26)22-16-6-9-18-19(13-16)31-21(24(18)11-12-30-2)23-20(27)10-5-15-3-7-17(8-4-15)25(28)29/h3-10,13H,11-12H2,1-2H3,(H,22,26)/b10-5-,23-21?. The summed E-state index contributed by atoms with van der Waals surface area (Å²) in [6.07, 6.45) is 2.87. The van der Waals surface area contributed by atoms with Crippen molar-refractivity contribution in [2.75, 3.05) is 19.0 Å². The van der Waals surface area contributed by atoms with Gasteiger partial charge in [-0.1, -0.05) is 11.3 Å². The lowest BCUT2D eigenvalue weighted by molar-refractivity contribution is -0.384. The molecular formula is C21H20N4O5S. The second kappa shape index (κ2) is 9.92. The fraction of sp³-hybridized carbons (Fsp3) is 0.190. The van der Waals surface area contributed by atoms with Crippen LogP contribution >= 0.6 is 11.3 Å². The van der Waals surface area contributed by atoms with Gasteiger partial charge in [-0.25, -0.2) is 0 Å². The van der Waals surface area contributed by atoms with Crippen molar-refractivity contribution in [2.24, 2.45) is 4.99 Å². The average Bonchev–Trinajstić information content (AvgIpc) is 3.06. The number of aromatic nitrogens is 1. The van der Waals surface area contributed by atoms with E-state index < -0.39 is 10.8 Å². The van der Waals surface area contributed by atoms with Gasteiger partial charge in [-0.15, -0.1) is 0 Å². The Kier molecular flexibility index (Phi) is 7.06. The van der Waals surface area contributed by atoms with E-state index in [0.717, 1.165) is 10.2 Å². The number of nitrogens with one attached hydrogen (secondary N) is 1. The number of thiazole rings is 1. The first-order valence-electron chi connectivity index (χ1n) is 9.28. The van der Waals surface area contributed by atoms with Gasteiger partial charge in [0.25, 0.3) is 11.6 Å². The largest absolute Gasteiger partial charge is 0.383 e. The lowest BCUT2D eigenvalue weighted by Crippen LogP contribution is -2.18. The Morgan fingerprint density at radius 3 is 2.65 bits per heavy atom. The van der Waals surface area contributed by atoms with E-state index in [1.807, 2.05) is 16.7 Å². The Morgan fingerprint density at radius 2 is 2.00 bits per heavy atom. The molecule has 1 N–H and O–H groups in total. The van der Waals surface area contributed by atoms with Crippen LogP contribution < -0.4 is 10.1 Å². The highest BCUT2D eigenvalue weighted by atomic mass is 32.1. The molecule has 0 aliphatic rings. The number of nitro groups is 1. The summed E-state index contributed by atoms with van der Waals surface area (Å²) in [6.45, 7) is 2.39. The number of rotatable bonds is 7. The number of amides is 2. The predicted octanol–water partition coefficient (Wildman–Crippen LogP) is 3.36. The van der Waals surface area contributed by atoms with Gasteiger partial charge < -0.3 is 14.6 Å². The van der Waals surface area contributed by atoms with Gasteiger partial charge in [0, 0.05) is 44.5 Å². The molecule has 0 atom stereocenters. The minimum Gasteiger partial charge on any atom is -0.383 e. The maximum Gasteiger partial charge on any atom is 0.272 e. The van der Waals surface area contributed by atoms with E-state index in [1.165, 1.54) is 36.5 Å². The minimum absolute atomic E-state index is 0.0174. The average molecular weight is 440 g/mol. The molecule has 0 saturated heterocycles. The number of nitro benzene ring substituents is 1. The van der Waals surface area contributed by atoms with Crippen molar-refractivity contribution in [1.82, 2.24) is 4.57 Å². The molecule has 3 aromatic rings. The predicted molar refractivity (Wildman–Crippen MR) is 119 cm³/mol. The molecule has 0 unspecified atom stereocenters. The second-order valence-electron chi connectivity index (χ2n) is 6.52. The van der Waals surface area contributed by atoms with Gasteiger partial charge in [0.05, 0.1) is 21.7 Å². The number of ether oxygens (including phenoxy) is 1. The van der Waals surface area contributed by atoms with Crippen LogP contribution in [0.15, 0.2) is 53.5 Å². The van der Waals surface area contributed by atoms with Crippen LogP contribution in [0.5, 0.6) is 0 Å². The molecule has 9 nitrogen and oxygen atoms in total. The van der Waals surface area contributed by atoms with Crippen molar-refractivity contribution in [3.8, 4) is 0 Å². The van der Waals surface area contributed by atoms with Gasteiger partial charge >= 0.3 is 0 Å². The smallest absolute Gasteiger partial charge is 0.272 e. The van der Waals surface area contributed by atoms with Gasteiger partial charge in [-0.3, -0.25) is 19.7 Å². The number of hydrogen-bond acceptors (Lipinski definition) is 6. The summed E-state index contributed by atoms with van der Waals surface area (Å²) in [5.74, 6) is -0.627. The van der Waals surface area contributed by atoms with Gasteiger partial charge in [0.1, 0.15) is 0 Å². The molecule has 31 heavy (non-hydrogen) atoms. The van der Waals surface area contributed by atoms with Crippen LogP contribution in [-0.2, 0) is 20.9 Å². The Labute approximate surface area is 181 Å². The third kappa shape index (κ3) is 5.71. The zero-order valence-electron chi connectivity index (χ0n) is 16.9. The van der Waals surface area contributed by atoms with E-state index in [-0.39, 0.29) is 11.6 Å². The first kappa shape index (κ1) is 22.1. The molecule has 0 spiro atoms. The third-order valence-corrected chi connectivity index (χ3v) is 5.29. The number of hydrogen-bond donors (Lipinski definition) is 1. The van der Waals surface area contributed by atoms with Crippen molar-refractivity contribution in [3.05, 3.63) is 69.0 Å². The molecule has 0 aliphatic carbocycles. The highest BCUT2D eigenvalue weighted by Crippen LogP contribution is 2.22. The Hall–Kier alpha value is -3.63. The Balaban J connectivity index is 1.91. The van der Waals surface area contributed by atoms with Crippen LogP contribution in [0.4, 0.5) is 11.4 Å². The number of carbonyl (C=O) groups is 2. The molecule has 0 bridgehead atoms.